The first kappa shape index (κ1) is 13.7. The van der Waals surface area contributed by atoms with E-state index in [-0.39, 0.29) is 0 Å². The molecule has 1 unspecified atom stereocenters. The highest BCUT2D eigenvalue weighted by atomic mass is 16.5. The standard InChI is InChI=1S/C17H26N2O/c1-20-17-8-7-16(19-10-4-5-11-19)13-14(17)12-15-6-2-3-9-18-15/h7-8,13,15,18H,2-6,9-12H2,1H3. The summed E-state index contributed by atoms with van der Waals surface area (Å²) in [4.78, 5) is 2.50. The summed E-state index contributed by atoms with van der Waals surface area (Å²) in [6.45, 7) is 3.57. The number of piperidine rings is 1. The van der Waals surface area contributed by atoms with Gasteiger partial charge < -0.3 is 15.0 Å². The molecule has 110 valence electrons. The molecule has 20 heavy (non-hydrogen) atoms. The van der Waals surface area contributed by atoms with Crippen molar-refractivity contribution in [2.24, 2.45) is 0 Å². The lowest BCUT2D eigenvalue weighted by Crippen LogP contribution is -2.35. The van der Waals surface area contributed by atoms with Gasteiger partial charge in [-0.3, -0.25) is 0 Å². The Kier molecular flexibility index (Phi) is 4.46. The van der Waals surface area contributed by atoms with Crippen molar-refractivity contribution in [3.63, 3.8) is 0 Å². The Hall–Kier alpha value is -1.22. The molecular formula is C17H26N2O. The number of nitrogens with one attached hydrogen (secondary N) is 1. The molecule has 0 aliphatic carbocycles. The first-order valence-electron chi connectivity index (χ1n) is 8.02. The fourth-order valence-corrected chi connectivity index (χ4v) is 3.46. The van der Waals surface area contributed by atoms with Crippen molar-refractivity contribution >= 4 is 5.69 Å². The zero-order valence-electron chi connectivity index (χ0n) is 12.5. The van der Waals surface area contributed by atoms with Crippen LogP contribution in [-0.2, 0) is 6.42 Å². The first-order valence-corrected chi connectivity index (χ1v) is 8.02. The van der Waals surface area contributed by atoms with E-state index in [2.05, 4.69) is 28.4 Å². The number of ether oxygens (including phenoxy) is 1. The minimum atomic E-state index is 0.617. The molecule has 2 heterocycles. The van der Waals surface area contributed by atoms with Crippen molar-refractivity contribution in [3.8, 4) is 5.75 Å². The van der Waals surface area contributed by atoms with Crippen LogP contribution < -0.4 is 15.0 Å². The van der Waals surface area contributed by atoms with Gasteiger partial charge >= 0.3 is 0 Å². The van der Waals surface area contributed by atoms with Gasteiger partial charge in [0.15, 0.2) is 0 Å². The number of benzene rings is 1. The third kappa shape index (κ3) is 3.09. The summed E-state index contributed by atoms with van der Waals surface area (Å²) in [5.41, 5.74) is 2.73. The van der Waals surface area contributed by atoms with Gasteiger partial charge in [0.1, 0.15) is 5.75 Å². The normalized spacial score (nSPS) is 23.1. The Balaban J connectivity index is 1.76. The lowest BCUT2D eigenvalue weighted by Gasteiger charge is -2.25. The summed E-state index contributed by atoms with van der Waals surface area (Å²) in [6, 6.07) is 7.32. The van der Waals surface area contributed by atoms with E-state index in [0.717, 1.165) is 12.2 Å². The van der Waals surface area contributed by atoms with Crippen molar-refractivity contribution < 1.29 is 4.74 Å². The van der Waals surface area contributed by atoms with E-state index in [0.29, 0.717) is 6.04 Å². The molecular weight excluding hydrogens is 248 g/mol. The van der Waals surface area contributed by atoms with E-state index >= 15 is 0 Å². The number of anilines is 1. The molecule has 0 aromatic heterocycles. The lowest BCUT2D eigenvalue weighted by molar-refractivity contribution is 0.381. The van der Waals surface area contributed by atoms with E-state index in [1.807, 2.05) is 0 Å². The van der Waals surface area contributed by atoms with Crippen LogP contribution in [0, 0.1) is 0 Å². The Morgan fingerprint density at radius 1 is 1.20 bits per heavy atom. The van der Waals surface area contributed by atoms with E-state index < -0.39 is 0 Å². The molecule has 2 saturated heterocycles. The van der Waals surface area contributed by atoms with Crippen LogP contribution in [0.1, 0.15) is 37.7 Å². The van der Waals surface area contributed by atoms with Crippen LogP contribution >= 0.6 is 0 Å². The molecule has 2 aliphatic rings. The highest BCUT2D eigenvalue weighted by Crippen LogP contribution is 2.29. The quantitative estimate of drug-likeness (QED) is 0.913. The van der Waals surface area contributed by atoms with Crippen molar-refractivity contribution in [1.29, 1.82) is 0 Å². The smallest absolute Gasteiger partial charge is 0.122 e. The summed E-state index contributed by atoms with van der Waals surface area (Å²) in [7, 11) is 1.78. The maximum Gasteiger partial charge on any atom is 0.122 e. The second kappa shape index (κ2) is 6.49. The van der Waals surface area contributed by atoms with Crippen LogP contribution in [0.25, 0.3) is 0 Å². The fraction of sp³-hybridized carbons (Fsp3) is 0.647. The molecule has 3 heteroatoms. The van der Waals surface area contributed by atoms with E-state index in [9.17, 15) is 0 Å². The Labute approximate surface area is 122 Å². The van der Waals surface area contributed by atoms with Gasteiger partial charge in [-0.05, 0) is 62.4 Å². The van der Waals surface area contributed by atoms with Gasteiger partial charge in [-0.25, -0.2) is 0 Å². The predicted molar refractivity (Wildman–Crippen MR) is 83.8 cm³/mol. The summed E-state index contributed by atoms with van der Waals surface area (Å²) in [5.74, 6) is 1.04. The number of nitrogens with zero attached hydrogens (tertiary/aromatic N) is 1. The van der Waals surface area contributed by atoms with Gasteiger partial charge in [0.25, 0.3) is 0 Å². The third-order valence-corrected chi connectivity index (χ3v) is 4.61. The molecule has 1 aromatic carbocycles. The summed E-state index contributed by atoms with van der Waals surface area (Å²) in [6.07, 6.45) is 7.70. The zero-order chi connectivity index (χ0) is 13.8. The Bertz CT molecular complexity index is 435. The number of rotatable bonds is 4. The summed E-state index contributed by atoms with van der Waals surface area (Å²) < 4.78 is 5.56. The lowest BCUT2D eigenvalue weighted by atomic mass is 9.97. The van der Waals surface area contributed by atoms with Crippen molar-refractivity contribution in [1.82, 2.24) is 5.32 Å². The Morgan fingerprint density at radius 3 is 2.75 bits per heavy atom. The maximum absolute atomic E-state index is 5.56. The van der Waals surface area contributed by atoms with Crippen LogP contribution in [0.2, 0.25) is 0 Å². The molecule has 2 aliphatic heterocycles. The van der Waals surface area contributed by atoms with Gasteiger partial charge in [0.2, 0.25) is 0 Å². The minimum absolute atomic E-state index is 0.617. The first-order chi connectivity index (χ1) is 9.86. The molecule has 0 bridgehead atoms. The average molecular weight is 274 g/mol. The SMILES string of the molecule is COc1ccc(N2CCCC2)cc1CC1CCCCN1. The van der Waals surface area contributed by atoms with Crippen LogP contribution in [0.15, 0.2) is 18.2 Å². The molecule has 3 rings (SSSR count). The number of methoxy groups -OCH3 is 1. The molecule has 0 amide bonds. The van der Waals surface area contributed by atoms with E-state index in [1.54, 1.807) is 7.11 Å². The van der Waals surface area contributed by atoms with Gasteiger partial charge in [-0.1, -0.05) is 6.42 Å². The highest BCUT2D eigenvalue weighted by molar-refractivity contribution is 5.54. The summed E-state index contributed by atoms with van der Waals surface area (Å²) >= 11 is 0. The van der Waals surface area contributed by atoms with Gasteiger partial charge in [0.05, 0.1) is 7.11 Å². The van der Waals surface area contributed by atoms with Crippen LogP contribution in [0.3, 0.4) is 0 Å². The molecule has 0 radical (unpaired) electrons. The van der Waals surface area contributed by atoms with Gasteiger partial charge in [0, 0.05) is 24.8 Å². The predicted octanol–water partition coefficient (Wildman–Crippen LogP) is 2.98. The van der Waals surface area contributed by atoms with Crippen molar-refractivity contribution in [2.45, 2.75) is 44.6 Å². The van der Waals surface area contributed by atoms with E-state index in [1.165, 1.54) is 63.0 Å². The van der Waals surface area contributed by atoms with Gasteiger partial charge in [-0.15, -0.1) is 0 Å². The van der Waals surface area contributed by atoms with Crippen molar-refractivity contribution in [3.05, 3.63) is 23.8 Å². The molecule has 0 spiro atoms. The zero-order valence-corrected chi connectivity index (χ0v) is 12.5. The second-order valence-corrected chi connectivity index (χ2v) is 6.04. The number of hydrogen-bond acceptors (Lipinski definition) is 3. The van der Waals surface area contributed by atoms with Gasteiger partial charge in [-0.2, -0.15) is 0 Å². The molecule has 3 nitrogen and oxygen atoms in total. The Morgan fingerprint density at radius 2 is 2.05 bits per heavy atom. The second-order valence-electron chi connectivity index (χ2n) is 6.04. The van der Waals surface area contributed by atoms with Crippen molar-refractivity contribution in [2.75, 3.05) is 31.6 Å². The minimum Gasteiger partial charge on any atom is -0.496 e. The van der Waals surface area contributed by atoms with Crippen LogP contribution in [0.5, 0.6) is 5.75 Å². The molecule has 1 N–H and O–H groups in total. The molecule has 0 saturated carbocycles. The average Bonchev–Trinajstić information content (AvgIpc) is 3.02. The van der Waals surface area contributed by atoms with Crippen LogP contribution in [-0.4, -0.2) is 32.8 Å². The summed E-state index contributed by atoms with van der Waals surface area (Å²) in [5, 5.41) is 3.64. The molecule has 2 fully saturated rings. The monoisotopic (exact) mass is 274 g/mol. The molecule has 1 atom stereocenters. The highest BCUT2D eigenvalue weighted by Gasteiger charge is 2.18. The van der Waals surface area contributed by atoms with Crippen LogP contribution in [0.4, 0.5) is 5.69 Å². The topological polar surface area (TPSA) is 24.5 Å². The largest absolute Gasteiger partial charge is 0.496 e. The molecule has 1 aromatic rings. The fourth-order valence-electron chi connectivity index (χ4n) is 3.46. The third-order valence-electron chi connectivity index (χ3n) is 4.61. The maximum atomic E-state index is 5.56. The van der Waals surface area contributed by atoms with E-state index in [4.69, 9.17) is 4.74 Å². The number of hydrogen-bond donors (Lipinski definition) is 1.